The Kier molecular flexibility index (Phi) is 4.49. The van der Waals surface area contributed by atoms with Gasteiger partial charge in [0.1, 0.15) is 0 Å². The summed E-state index contributed by atoms with van der Waals surface area (Å²) in [5.41, 5.74) is 1.57. The van der Waals surface area contributed by atoms with Gasteiger partial charge in [0.25, 0.3) is 0 Å². The molecule has 1 fully saturated rings. The normalized spacial score (nSPS) is 23.3. The fourth-order valence-electron chi connectivity index (χ4n) is 3.25. The number of rotatable bonds is 7. The first-order chi connectivity index (χ1) is 9.36. The second-order valence-corrected chi connectivity index (χ2v) is 7.33. The van der Waals surface area contributed by atoms with Crippen LogP contribution in [-0.4, -0.2) is 17.8 Å². The van der Waals surface area contributed by atoms with Crippen LogP contribution in [0.25, 0.3) is 0 Å². The van der Waals surface area contributed by atoms with E-state index in [0.29, 0.717) is 0 Å². The maximum Gasteiger partial charge on any atom is 0.0135 e. The standard InChI is InChI=1S/C17H25NS/c1-2-18-16(13-10-11-13)8-5-7-15-12-14-6-3-4-9-17(14)19-15/h3-4,6,9,13,15-16,18H,2,5,7-8,10-12H2,1H3. The molecule has 0 bridgehead atoms. The number of benzene rings is 1. The Hall–Kier alpha value is -0.470. The van der Waals surface area contributed by atoms with Gasteiger partial charge in [-0.25, -0.2) is 0 Å². The Labute approximate surface area is 121 Å². The van der Waals surface area contributed by atoms with E-state index >= 15 is 0 Å². The fraction of sp³-hybridized carbons (Fsp3) is 0.647. The zero-order chi connectivity index (χ0) is 13.1. The summed E-state index contributed by atoms with van der Waals surface area (Å²) in [6.07, 6.45) is 8.36. The molecule has 1 aromatic carbocycles. The molecular weight excluding hydrogens is 250 g/mol. The van der Waals surface area contributed by atoms with E-state index in [9.17, 15) is 0 Å². The minimum atomic E-state index is 0.804. The largest absolute Gasteiger partial charge is 0.314 e. The first-order valence-corrected chi connectivity index (χ1v) is 8.72. The first-order valence-electron chi connectivity index (χ1n) is 7.84. The Balaban J connectivity index is 1.41. The average Bonchev–Trinajstić information content (AvgIpc) is 3.17. The number of hydrogen-bond acceptors (Lipinski definition) is 2. The molecule has 0 aromatic heterocycles. The lowest BCUT2D eigenvalue weighted by atomic mass is 10.0. The van der Waals surface area contributed by atoms with Crippen LogP contribution in [0.1, 0.15) is 44.6 Å². The van der Waals surface area contributed by atoms with Gasteiger partial charge in [-0.1, -0.05) is 31.5 Å². The Morgan fingerprint density at radius 2 is 2.16 bits per heavy atom. The van der Waals surface area contributed by atoms with Crippen LogP contribution >= 0.6 is 11.8 Å². The van der Waals surface area contributed by atoms with Gasteiger partial charge >= 0.3 is 0 Å². The van der Waals surface area contributed by atoms with E-state index in [4.69, 9.17) is 0 Å². The van der Waals surface area contributed by atoms with Crippen LogP contribution in [0.3, 0.4) is 0 Å². The molecule has 2 unspecified atom stereocenters. The monoisotopic (exact) mass is 275 g/mol. The second kappa shape index (κ2) is 6.32. The fourth-order valence-corrected chi connectivity index (χ4v) is 4.61. The van der Waals surface area contributed by atoms with Crippen molar-refractivity contribution in [1.82, 2.24) is 5.32 Å². The molecule has 3 rings (SSSR count). The van der Waals surface area contributed by atoms with Crippen LogP contribution < -0.4 is 5.32 Å². The second-order valence-electron chi connectivity index (χ2n) is 5.98. The molecule has 1 aliphatic heterocycles. The molecule has 0 radical (unpaired) electrons. The van der Waals surface area contributed by atoms with Gasteiger partial charge in [-0.05, 0) is 56.2 Å². The van der Waals surface area contributed by atoms with E-state index < -0.39 is 0 Å². The van der Waals surface area contributed by atoms with Crippen molar-refractivity contribution in [2.24, 2.45) is 5.92 Å². The molecule has 1 nitrogen and oxygen atoms in total. The minimum absolute atomic E-state index is 0.804. The van der Waals surface area contributed by atoms with Crippen molar-refractivity contribution in [3.05, 3.63) is 29.8 Å². The third kappa shape index (κ3) is 3.55. The van der Waals surface area contributed by atoms with Crippen molar-refractivity contribution in [1.29, 1.82) is 0 Å². The molecule has 1 aliphatic carbocycles. The van der Waals surface area contributed by atoms with E-state index in [-0.39, 0.29) is 0 Å². The summed E-state index contributed by atoms with van der Waals surface area (Å²) < 4.78 is 0. The van der Waals surface area contributed by atoms with Gasteiger partial charge in [-0.15, -0.1) is 11.8 Å². The van der Waals surface area contributed by atoms with Crippen LogP contribution in [0.4, 0.5) is 0 Å². The molecular formula is C17H25NS. The summed E-state index contributed by atoms with van der Waals surface area (Å²) in [6, 6.07) is 9.73. The van der Waals surface area contributed by atoms with Crippen molar-refractivity contribution in [3.63, 3.8) is 0 Å². The molecule has 2 atom stereocenters. The third-order valence-corrected chi connectivity index (χ3v) is 5.80. The molecule has 1 aromatic rings. The molecule has 1 heterocycles. The molecule has 0 spiro atoms. The van der Waals surface area contributed by atoms with Crippen LogP contribution in [-0.2, 0) is 6.42 Å². The zero-order valence-electron chi connectivity index (χ0n) is 11.9. The predicted octanol–water partition coefficient (Wildman–Crippen LogP) is 4.26. The summed E-state index contributed by atoms with van der Waals surface area (Å²) in [4.78, 5) is 1.53. The smallest absolute Gasteiger partial charge is 0.0135 e. The first kappa shape index (κ1) is 13.5. The Bertz CT molecular complexity index is 388. The summed E-state index contributed by atoms with van der Waals surface area (Å²) in [5, 5.41) is 4.51. The maximum absolute atomic E-state index is 3.68. The van der Waals surface area contributed by atoms with Crippen molar-refractivity contribution in [2.75, 3.05) is 6.54 Å². The highest BCUT2D eigenvalue weighted by molar-refractivity contribution is 8.00. The van der Waals surface area contributed by atoms with Gasteiger partial charge in [0, 0.05) is 16.2 Å². The number of nitrogens with one attached hydrogen (secondary N) is 1. The summed E-state index contributed by atoms with van der Waals surface area (Å²) >= 11 is 2.10. The molecule has 19 heavy (non-hydrogen) atoms. The van der Waals surface area contributed by atoms with Gasteiger partial charge in [-0.2, -0.15) is 0 Å². The summed E-state index contributed by atoms with van der Waals surface area (Å²) in [6.45, 7) is 3.36. The van der Waals surface area contributed by atoms with Crippen molar-refractivity contribution >= 4 is 11.8 Å². The van der Waals surface area contributed by atoms with Gasteiger partial charge in [0.15, 0.2) is 0 Å². The number of thioether (sulfide) groups is 1. The SMILES string of the molecule is CCNC(CCCC1Cc2ccccc2S1)C1CC1. The van der Waals surface area contributed by atoms with Crippen LogP contribution in [0.2, 0.25) is 0 Å². The van der Waals surface area contributed by atoms with Crippen molar-refractivity contribution < 1.29 is 0 Å². The highest BCUT2D eigenvalue weighted by atomic mass is 32.2. The van der Waals surface area contributed by atoms with Gasteiger partial charge < -0.3 is 5.32 Å². The van der Waals surface area contributed by atoms with Crippen LogP contribution in [0.5, 0.6) is 0 Å². The molecule has 1 N–H and O–H groups in total. The van der Waals surface area contributed by atoms with Crippen molar-refractivity contribution in [2.45, 2.75) is 61.6 Å². The molecule has 104 valence electrons. The van der Waals surface area contributed by atoms with Gasteiger partial charge in [0.2, 0.25) is 0 Å². The lowest BCUT2D eigenvalue weighted by molar-refractivity contribution is 0.427. The highest BCUT2D eigenvalue weighted by Gasteiger charge is 2.30. The quantitative estimate of drug-likeness (QED) is 0.798. The summed E-state index contributed by atoms with van der Waals surface area (Å²) in [5.74, 6) is 0.994. The van der Waals surface area contributed by atoms with E-state index in [2.05, 4.69) is 48.3 Å². The van der Waals surface area contributed by atoms with Crippen LogP contribution in [0, 0.1) is 5.92 Å². The molecule has 2 aliphatic rings. The third-order valence-electron chi connectivity index (χ3n) is 4.41. The van der Waals surface area contributed by atoms with Gasteiger partial charge in [0.05, 0.1) is 0 Å². The lowest BCUT2D eigenvalue weighted by Gasteiger charge is -2.18. The highest BCUT2D eigenvalue weighted by Crippen LogP contribution is 2.40. The topological polar surface area (TPSA) is 12.0 Å². The Morgan fingerprint density at radius 1 is 1.32 bits per heavy atom. The molecule has 0 amide bonds. The number of fused-ring (bicyclic) bond motifs is 1. The number of hydrogen-bond donors (Lipinski definition) is 1. The van der Waals surface area contributed by atoms with E-state index in [1.54, 1.807) is 5.56 Å². The van der Waals surface area contributed by atoms with E-state index in [1.165, 1.54) is 43.4 Å². The lowest BCUT2D eigenvalue weighted by Crippen LogP contribution is -2.30. The summed E-state index contributed by atoms with van der Waals surface area (Å²) in [7, 11) is 0. The average molecular weight is 275 g/mol. The maximum atomic E-state index is 3.68. The predicted molar refractivity (Wildman–Crippen MR) is 83.8 cm³/mol. The van der Waals surface area contributed by atoms with Crippen molar-refractivity contribution in [3.8, 4) is 0 Å². The molecule has 2 heteroatoms. The molecule has 1 saturated carbocycles. The molecule has 0 saturated heterocycles. The zero-order valence-corrected chi connectivity index (χ0v) is 12.7. The van der Waals surface area contributed by atoms with E-state index in [0.717, 1.165) is 23.8 Å². The van der Waals surface area contributed by atoms with E-state index in [1.807, 2.05) is 0 Å². The minimum Gasteiger partial charge on any atom is -0.314 e. The van der Waals surface area contributed by atoms with Crippen LogP contribution in [0.15, 0.2) is 29.2 Å². The van der Waals surface area contributed by atoms with Gasteiger partial charge in [-0.3, -0.25) is 0 Å². The Morgan fingerprint density at radius 3 is 2.89 bits per heavy atom.